The fourth-order valence-electron chi connectivity index (χ4n) is 4.22. The van der Waals surface area contributed by atoms with Crippen molar-refractivity contribution < 1.29 is 4.74 Å². The van der Waals surface area contributed by atoms with Crippen molar-refractivity contribution in [1.29, 1.82) is 0 Å². The van der Waals surface area contributed by atoms with Crippen LogP contribution in [0.1, 0.15) is 0 Å². The molecule has 0 N–H and O–H groups in total. The molecular formula is C31H25OP. The van der Waals surface area contributed by atoms with Gasteiger partial charge in [-0.1, -0.05) is 121 Å². The van der Waals surface area contributed by atoms with E-state index >= 15 is 0 Å². The maximum Gasteiger partial charge on any atom is 0.118 e. The highest BCUT2D eigenvalue weighted by Gasteiger charge is 2.21. The molecule has 0 radical (unpaired) electrons. The molecule has 0 heterocycles. The van der Waals surface area contributed by atoms with Gasteiger partial charge in [0.15, 0.2) is 0 Å². The largest absolute Gasteiger partial charge is 0.497 e. The number of rotatable bonds is 6. The highest BCUT2D eigenvalue weighted by atomic mass is 31.1. The second-order valence-electron chi connectivity index (χ2n) is 7.80. The average Bonchev–Trinajstić information content (AvgIpc) is 2.90. The molecule has 5 aromatic carbocycles. The zero-order valence-electron chi connectivity index (χ0n) is 18.6. The summed E-state index contributed by atoms with van der Waals surface area (Å²) >= 11 is 0. The Bertz CT molecular complexity index is 1290. The van der Waals surface area contributed by atoms with Gasteiger partial charge in [0.2, 0.25) is 0 Å². The van der Waals surface area contributed by atoms with E-state index < -0.39 is 7.92 Å². The van der Waals surface area contributed by atoms with E-state index in [2.05, 4.69) is 121 Å². The van der Waals surface area contributed by atoms with Gasteiger partial charge in [-0.15, -0.1) is 0 Å². The van der Waals surface area contributed by atoms with Crippen molar-refractivity contribution in [2.75, 3.05) is 7.11 Å². The van der Waals surface area contributed by atoms with E-state index in [1.165, 1.54) is 38.2 Å². The van der Waals surface area contributed by atoms with Gasteiger partial charge in [0, 0.05) is 0 Å². The van der Waals surface area contributed by atoms with Crippen LogP contribution in [0.2, 0.25) is 0 Å². The summed E-state index contributed by atoms with van der Waals surface area (Å²) < 4.78 is 5.37. The topological polar surface area (TPSA) is 9.23 Å². The molecule has 1 nitrogen and oxygen atoms in total. The van der Waals surface area contributed by atoms with Crippen LogP contribution in [-0.2, 0) is 0 Å². The fraction of sp³-hybridized carbons (Fsp3) is 0.0323. The minimum atomic E-state index is -0.699. The van der Waals surface area contributed by atoms with Crippen LogP contribution >= 0.6 is 7.92 Å². The molecule has 0 aliphatic rings. The lowest BCUT2D eigenvalue weighted by atomic mass is 9.94. The Balaban J connectivity index is 1.70. The predicted molar refractivity (Wildman–Crippen MR) is 143 cm³/mol. The summed E-state index contributed by atoms with van der Waals surface area (Å²) in [4.78, 5) is 0. The van der Waals surface area contributed by atoms with Gasteiger partial charge in [0.1, 0.15) is 5.75 Å². The third kappa shape index (κ3) is 4.46. The van der Waals surface area contributed by atoms with Crippen molar-refractivity contribution in [2.45, 2.75) is 0 Å². The van der Waals surface area contributed by atoms with Crippen molar-refractivity contribution in [3.63, 3.8) is 0 Å². The Morgan fingerprint density at radius 3 is 1.52 bits per heavy atom. The number of benzene rings is 5. The van der Waals surface area contributed by atoms with Crippen LogP contribution in [0.3, 0.4) is 0 Å². The fourth-order valence-corrected chi connectivity index (χ4v) is 6.68. The summed E-state index contributed by atoms with van der Waals surface area (Å²) in [6.45, 7) is 0. The van der Waals surface area contributed by atoms with Crippen LogP contribution in [-0.4, -0.2) is 7.11 Å². The summed E-state index contributed by atoms with van der Waals surface area (Å²) in [6, 6.07) is 47.6. The molecule has 2 heteroatoms. The molecule has 33 heavy (non-hydrogen) atoms. The molecule has 0 saturated heterocycles. The van der Waals surface area contributed by atoms with E-state index in [4.69, 9.17) is 4.74 Å². The van der Waals surface area contributed by atoms with E-state index in [0.717, 1.165) is 5.75 Å². The highest BCUT2D eigenvalue weighted by Crippen LogP contribution is 2.40. The highest BCUT2D eigenvalue weighted by molar-refractivity contribution is 7.80. The van der Waals surface area contributed by atoms with E-state index in [1.807, 2.05) is 12.1 Å². The van der Waals surface area contributed by atoms with Gasteiger partial charge in [-0.25, -0.2) is 0 Å². The average molecular weight is 445 g/mol. The van der Waals surface area contributed by atoms with Gasteiger partial charge < -0.3 is 4.74 Å². The monoisotopic (exact) mass is 444 g/mol. The molecule has 0 unspecified atom stereocenters. The molecule has 0 atom stereocenters. The van der Waals surface area contributed by atoms with E-state index in [1.54, 1.807) is 7.11 Å². The minimum absolute atomic E-state index is 0.699. The van der Waals surface area contributed by atoms with Crippen LogP contribution in [0.4, 0.5) is 0 Å². The third-order valence-electron chi connectivity index (χ3n) is 5.79. The molecule has 0 bridgehead atoms. The maximum atomic E-state index is 5.37. The molecule has 0 aliphatic carbocycles. The van der Waals surface area contributed by atoms with Gasteiger partial charge in [0.25, 0.3) is 0 Å². The van der Waals surface area contributed by atoms with Gasteiger partial charge in [-0.2, -0.15) is 0 Å². The zero-order valence-corrected chi connectivity index (χ0v) is 19.5. The van der Waals surface area contributed by atoms with E-state index in [0.29, 0.717) is 0 Å². The normalized spacial score (nSPS) is 10.8. The first kappa shape index (κ1) is 21.2. The molecular weight excluding hydrogens is 419 g/mol. The van der Waals surface area contributed by atoms with Crippen LogP contribution in [0.15, 0.2) is 133 Å². The number of hydrogen-bond donors (Lipinski definition) is 0. The van der Waals surface area contributed by atoms with Gasteiger partial charge in [-0.05, 0) is 58.2 Å². The van der Waals surface area contributed by atoms with Gasteiger partial charge in [0.05, 0.1) is 7.11 Å². The summed E-state index contributed by atoms with van der Waals surface area (Å²) in [7, 11) is 1.00. The Kier molecular flexibility index (Phi) is 6.33. The maximum absolute atomic E-state index is 5.37. The lowest BCUT2D eigenvalue weighted by molar-refractivity contribution is 0.415. The molecule has 0 spiro atoms. The molecule has 0 saturated carbocycles. The Labute approximate surface area is 197 Å². The minimum Gasteiger partial charge on any atom is -0.497 e. The third-order valence-corrected chi connectivity index (χ3v) is 8.29. The van der Waals surface area contributed by atoms with Crippen LogP contribution in [0.5, 0.6) is 5.75 Å². The Morgan fingerprint density at radius 1 is 0.455 bits per heavy atom. The Morgan fingerprint density at radius 2 is 0.939 bits per heavy atom. The van der Waals surface area contributed by atoms with E-state index in [9.17, 15) is 0 Å². The zero-order chi connectivity index (χ0) is 22.5. The van der Waals surface area contributed by atoms with Crippen molar-refractivity contribution >= 4 is 23.8 Å². The molecule has 5 aromatic rings. The molecule has 5 rings (SSSR count). The summed E-state index contributed by atoms with van der Waals surface area (Å²) in [6.07, 6.45) is 0. The van der Waals surface area contributed by atoms with Crippen molar-refractivity contribution in [1.82, 2.24) is 0 Å². The number of hydrogen-bond acceptors (Lipinski definition) is 1. The van der Waals surface area contributed by atoms with Gasteiger partial charge in [-0.3, -0.25) is 0 Å². The van der Waals surface area contributed by atoms with Crippen LogP contribution in [0, 0.1) is 0 Å². The second kappa shape index (κ2) is 9.86. The summed E-state index contributed by atoms with van der Waals surface area (Å²) in [5.41, 5.74) is 4.94. The lowest BCUT2D eigenvalue weighted by Crippen LogP contribution is -2.22. The second-order valence-corrected chi connectivity index (χ2v) is 9.98. The molecule has 0 aliphatic heterocycles. The van der Waals surface area contributed by atoms with Crippen molar-refractivity contribution in [3.05, 3.63) is 133 Å². The first-order valence-electron chi connectivity index (χ1n) is 11.1. The SMILES string of the molecule is COc1ccc(-c2ccccc2-c2ccccc2P(c2ccccc2)c2ccccc2)cc1. The van der Waals surface area contributed by atoms with Crippen LogP contribution in [0.25, 0.3) is 22.3 Å². The van der Waals surface area contributed by atoms with Crippen LogP contribution < -0.4 is 20.7 Å². The first-order chi connectivity index (χ1) is 16.3. The lowest BCUT2D eigenvalue weighted by Gasteiger charge is -2.23. The van der Waals surface area contributed by atoms with E-state index in [-0.39, 0.29) is 0 Å². The standard InChI is InChI=1S/C31H25OP/c1-32-25-22-20-24(21-23-25)28-16-8-9-17-29(28)30-18-10-11-19-31(30)33(26-12-4-2-5-13-26)27-14-6-3-7-15-27/h2-23H,1H3. The molecule has 160 valence electrons. The number of methoxy groups -OCH3 is 1. The Hall–Kier alpha value is -3.67. The molecule has 0 aromatic heterocycles. The number of ether oxygens (including phenoxy) is 1. The summed E-state index contributed by atoms with van der Waals surface area (Å²) in [5.74, 6) is 0.869. The van der Waals surface area contributed by atoms with Gasteiger partial charge >= 0.3 is 0 Å². The van der Waals surface area contributed by atoms with Crippen molar-refractivity contribution in [3.8, 4) is 28.0 Å². The smallest absolute Gasteiger partial charge is 0.118 e. The molecule has 0 fully saturated rings. The summed E-state index contributed by atoms with van der Waals surface area (Å²) in [5, 5.41) is 4.08. The quantitative estimate of drug-likeness (QED) is 0.262. The predicted octanol–water partition coefficient (Wildman–Crippen LogP) is 6.79. The molecule has 0 amide bonds. The van der Waals surface area contributed by atoms with Crippen molar-refractivity contribution in [2.24, 2.45) is 0 Å². The first-order valence-corrected chi connectivity index (χ1v) is 12.4.